The minimum absolute atomic E-state index is 0.335. The number of fused-ring (bicyclic) bond motifs is 2. The number of ether oxygens (including phenoxy) is 1. The standard InChI is InChI=1S/C23H22N6O/c1-23(2,30-3)17-6-8-18(9-7-17)26-21-22-24-10-11-29(22)14-20(27-21)15-4-5-16-13-25-28-19(16)12-15/h4-14H,1-3H3,(H,25,28)(H,26,27). The maximum absolute atomic E-state index is 5.57. The van der Waals surface area contributed by atoms with Gasteiger partial charge in [-0.25, -0.2) is 9.97 Å². The lowest BCUT2D eigenvalue weighted by Gasteiger charge is -2.23. The predicted octanol–water partition coefficient (Wildman–Crippen LogP) is 4.90. The summed E-state index contributed by atoms with van der Waals surface area (Å²) in [5, 5.41) is 11.6. The molecule has 3 aromatic heterocycles. The van der Waals surface area contributed by atoms with Crippen LogP contribution in [0.15, 0.2) is 67.3 Å². The van der Waals surface area contributed by atoms with Crippen molar-refractivity contribution in [3.05, 3.63) is 72.8 Å². The van der Waals surface area contributed by atoms with E-state index >= 15 is 0 Å². The van der Waals surface area contributed by atoms with Crippen molar-refractivity contribution in [2.24, 2.45) is 0 Å². The molecule has 7 heteroatoms. The van der Waals surface area contributed by atoms with Gasteiger partial charge in [-0.3, -0.25) is 5.10 Å². The van der Waals surface area contributed by atoms with E-state index in [2.05, 4.69) is 38.7 Å². The number of benzene rings is 2. The first-order valence-corrected chi connectivity index (χ1v) is 9.73. The number of rotatable bonds is 5. The third-order valence-electron chi connectivity index (χ3n) is 5.46. The molecule has 0 spiro atoms. The number of nitrogens with one attached hydrogen (secondary N) is 2. The van der Waals surface area contributed by atoms with Crippen molar-refractivity contribution in [2.45, 2.75) is 19.4 Å². The fourth-order valence-electron chi connectivity index (χ4n) is 3.46. The fourth-order valence-corrected chi connectivity index (χ4v) is 3.46. The van der Waals surface area contributed by atoms with Gasteiger partial charge in [0.15, 0.2) is 11.5 Å². The molecule has 30 heavy (non-hydrogen) atoms. The summed E-state index contributed by atoms with van der Waals surface area (Å²) in [5.41, 5.74) is 5.30. The lowest BCUT2D eigenvalue weighted by atomic mass is 9.98. The molecule has 0 saturated heterocycles. The number of hydrogen-bond donors (Lipinski definition) is 2. The van der Waals surface area contributed by atoms with Gasteiger partial charge in [0.1, 0.15) is 0 Å². The molecule has 0 radical (unpaired) electrons. The topological polar surface area (TPSA) is 80.1 Å². The van der Waals surface area contributed by atoms with Crippen molar-refractivity contribution < 1.29 is 4.74 Å². The van der Waals surface area contributed by atoms with E-state index in [1.165, 1.54) is 0 Å². The van der Waals surface area contributed by atoms with Gasteiger partial charge in [-0.05, 0) is 37.6 Å². The smallest absolute Gasteiger partial charge is 0.180 e. The monoisotopic (exact) mass is 398 g/mol. The number of hydrogen-bond acceptors (Lipinski definition) is 5. The van der Waals surface area contributed by atoms with Gasteiger partial charge in [-0.2, -0.15) is 5.10 Å². The van der Waals surface area contributed by atoms with Crippen LogP contribution in [0, 0.1) is 0 Å². The molecule has 0 bridgehead atoms. The van der Waals surface area contributed by atoms with Crippen LogP contribution in [0.2, 0.25) is 0 Å². The Balaban J connectivity index is 1.53. The molecule has 0 aliphatic rings. The molecule has 0 aliphatic carbocycles. The summed E-state index contributed by atoms with van der Waals surface area (Å²) < 4.78 is 7.54. The molecule has 0 unspecified atom stereocenters. The zero-order valence-electron chi connectivity index (χ0n) is 17.0. The lowest BCUT2D eigenvalue weighted by molar-refractivity contribution is 0.0192. The normalized spacial score (nSPS) is 12.0. The van der Waals surface area contributed by atoms with Gasteiger partial charge in [-0.1, -0.05) is 24.3 Å². The highest BCUT2D eigenvalue weighted by Crippen LogP contribution is 2.28. The average Bonchev–Trinajstić information content (AvgIpc) is 3.43. The highest BCUT2D eigenvalue weighted by Gasteiger charge is 2.19. The van der Waals surface area contributed by atoms with Gasteiger partial charge in [-0.15, -0.1) is 0 Å². The van der Waals surface area contributed by atoms with Crippen molar-refractivity contribution in [1.82, 2.24) is 24.6 Å². The molecule has 3 heterocycles. The van der Waals surface area contributed by atoms with Crippen LogP contribution >= 0.6 is 0 Å². The van der Waals surface area contributed by atoms with Crippen LogP contribution in [0.4, 0.5) is 11.5 Å². The summed E-state index contributed by atoms with van der Waals surface area (Å²) >= 11 is 0. The Morgan fingerprint density at radius 1 is 1.10 bits per heavy atom. The van der Waals surface area contributed by atoms with Crippen molar-refractivity contribution in [1.29, 1.82) is 0 Å². The van der Waals surface area contributed by atoms with Crippen molar-refractivity contribution in [3.63, 3.8) is 0 Å². The number of methoxy groups -OCH3 is 1. The van der Waals surface area contributed by atoms with Crippen LogP contribution in [-0.4, -0.2) is 31.7 Å². The second kappa shape index (κ2) is 6.96. The third-order valence-corrected chi connectivity index (χ3v) is 5.46. The van der Waals surface area contributed by atoms with Gasteiger partial charge in [0, 0.05) is 42.3 Å². The van der Waals surface area contributed by atoms with E-state index in [-0.39, 0.29) is 5.60 Å². The summed E-state index contributed by atoms with van der Waals surface area (Å²) in [5.74, 6) is 0.695. The summed E-state index contributed by atoms with van der Waals surface area (Å²) in [6.07, 6.45) is 7.49. The predicted molar refractivity (Wildman–Crippen MR) is 118 cm³/mol. The Labute approximate surface area is 173 Å². The quantitative estimate of drug-likeness (QED) is 0.440. The minimum Gasteiger partial charge on any atom is -0.374 e. The third kappa shape index (κ3) is 3.19. The van der Waals surface area contributed by atoms with Crippen LogP contribution in [0.5, 0.6) is 0 Å². The van der Waals surface area contributed by atoms with Crippen molar-refractivity contribution in [3.8, 4) is 11.3 Å². The molecule has 7 nitrogen and oxygen atoms in total. The summed E-state index contributed by atoms with van der Waals surface area (Å²) in [7, 11) is 1.72. The molecule has 0 fully saturated rings. The maximum atomic E-state index is 5.57. The van der Waals surface area contributed by atoms with E-state index in [1.807, 2.05) is 61.1 Å². The summed E-state index contributed by atoms with van der Waals surface area (Å²) in [4.78, 5) is 9.33. The Kier molecular flexibility index (Phi) is 4.25. The van der Waals surface area contributed by atoms with Crippen LogP contribution in [-0.2, 0) is 10.3 Å². The molecule has 2 aromatic carbocycles. The van der Waals surface area contributed by atoms with E-state index in [9.17, 15) is 0 Å². The molecule has 2 N–H and O–H groups in total. The molecule has 0 amide bonds. The van der Waals surface area contributed by atoms with Crippen LogP contribution in [0.3, 0.4) is 0 Å². The minimum atomic E-state index is -0.335. The van der Waals surface area contributed by atoms with Gasteiger partial charge < -0.3 is 14.5 Å². The molecule has 5 aromatic rings. The number of H-pyrrole nitrogens is 1. The van der Waals surface area contributed by atoms with Crippen LogP contribution in [0.25, 0.3) is 27.8 Å². The SMILES string of the molecule is COC(C)(C)c1ccc(Nc2nc(-c3ccc4cn[nH]c4c3)cn3ccnc23)cc1. The first-order chi connectivity index (χ1) is 14.5. The molecule has 0 atom stereocenters. The maximum Gasteiger partial charge on any atom is 0.180 e. The van der Waals surface area contributed by atoms with E-state index in [0.717, 1.165) is 39.1 Å². The Morgan fingerprint density at radius 2 is 1.93 bits per heavy atom. The van der Waals surface area contributed by atoms with Crippen molar-refractivity contribution >= 4 is 28.1 Å². The van der Waals surface area contributed by atoms with E-state index in [1.54, 1.807) is 13.3 Å². The van der Waals surface area contributed by atoms with Gasteiger partial charge >= 0.3 is 0 Å². The largest absolute Gasteiger partial charge is 0.374 e. The van der Waals surface area contributed by atoms with E-state index in [4.69, 9.17) is 9.72 Å². The van der Waals surface area contributed by atoms with Gasteiger partial charge in [0.05, 0.1) is 23.0 Å². The summed E-state index contributed by atoms with van der Waals surface area (Å²) in [6.45, 7) is 4.09. The molecule has 0 saturated carbocycles. The zero-order chi connectivity index (χ0) is 20.7. The number of aromatic amines is 1. The highest BCUT2D eigenvalue weighted by molar-refractivity contribution is 5.83. The van der Waals surface area contributed by atoms with Crippen LogP contribution < -0.4 is 5.32 Å². The second-order valence-corrected chi connectivity index (χ2v) is 7.72. The molecular weight excluding hydrogens is 376 g/mol. The Hall–Kier alpha value is -3.71. The Bertz CT molecular complexity index is 1330. The fraction of sp³-hybridized carbons (Fsp3) is 0.174. The molecular formula is C23H22N6O. The zero-order valence-corrected chi connectivity index (χ0v) is 17.0. The van der Waals surface area contributed by atoms with Crippen molar-refractivity contribution in [2.75, 3.05) is 12.4 Å². The van der Waals surface area contributed by atoms with E-state index < -0.39 is 0 Å². The highest BCUT2D eigenvalue weighted by atomic mass is 16.5. The molecule has 5 rings (SSSR count). The van der Waals surface area contributed by atoms with Gasteiger partial charge in [0.2, 0.25) is 0 Å². The first-order valence-electron chi connectivity index (χ1n) is 9.73. The second-order valence-electron chi connectivity index (χ2n) is 7.72. The number of nitrogens with zero attached hydrogens (tertiary/aromatic N) is 4. The van der Waals surface area contributed by atoms with Gasteiger partial charge in [0.25, 0.3) is 0 Å². The van der Waals surface area contributed by atoms with Crippen LogP contribution in [0.1, 0.15) is 19.4 Å². The average molecular weight is 398 g/mol. The molecule has 150 valence electrons. The number of anilines is 2. The first kappa shape index (κ1) is 18.3. The lowest BCUT2D eigenvalue weighted by Crippen LogP contribution is -2.19. The number of imidazole rings is 1. The Morgan fingerprint density at radius 3 is 2.73 bits per heavy atom. The molecule has 0 aliphatic heterocycles. The number of aromatic nitrogens is 5. The summed E-state index contributed by atoms with van der Waals surface area (Å²) in [6, 6.07) is 14.3. The van der Waals surface area contributed by atoms with E-state index in [0.29, 0.717) is 5.82 Å².